The molecule has 30 saturated heterocycles. The van der Waals surface area contributed by atoms with Gasteiger partial charge in [0.1, 0.15) is 195 Å². The summed E-state index contributed by atoms with van der Waals surface area (Å²) in [7, 11) is -4.74. The number of aliphatic hydroxyl groups excluding tert-OH is 23. The van der Waals surface area contributed by atoms with Gasteiger partial charge in [0.2, 0.25) is 0 Å². The number of benzene rings is 1. The number of aliphatic hydroxyl groups is 23. The zero-order chi connectivity index (χ0) is 77.0. The maximum Gasteiger partial charge on any atom is 0.187 e. The summed E-state index contributed by atoms with van der Waals surface area (Å²) in [5.41, 5.74) is 1.52. The minimum Gasteiger partial charge on any atom is -0.394 e. The van der Waals surface area contributed by atoms with E-state index in [-0.39, 0.29) is 10.8 Å². The van der Waals surface area contributed by atoms with Crippen molar-refractivity contribution >= 4 is 9.84 Å². The Morgan fingerprint density at radius 1 is 0.257 bits per heavy atom. The van der Waals surface area contributed by atoms with Gasteiger partial charge in [0.15, 0.2) is 60.2 Å². The second-order valence-corrected chi connectivity index (χ2v) is 30.5. The maximum absolute atomic E-state index is 15.4. The Labute approximate surface area is 600 Å². The SMILES string of the molecule is CC(C)c1cc(C(C)C)c(S(=O)(=O)C[C@H]2O[C@@H]3O[C@H]4[C@H](O)[C@@H](O)[C@@H](O[C@H]5[C@H](O)[C@@H](O)[C@@H](O[C@H]6[C@H](O)[C@@H](O)[C@@H](O[C@H]7[C@H](O)[C@@H](O)[C@@H](O[C@H]8[C@H](O)[C@@H](O)[C@@H](O[C@H]9[C@H](O)[C@@H](O)[C@@H](O[C@H]%10[C@H](O)[C@@H](O)[C@@H](O[C@H]2[C@H](O)[C@H]3O)O[C@@H]%10CO)O[C@@H]9CO)O[C@@H]8CO)O[C@@H]7CO)O[C@@H]6CO)O[C@@H]5CO)O[C@@H]4CO)c(C(C)C)c1. The van der Waals surface area contributed by atoms with Gasteiger partial charge in [-0.05, 0) is 34.4 Å². The van der Waals surface area contributed by atoms with Crippen LogP contribution in [0.4, 0.5) is 0 Å². The predicted octanol–water partition coefficient (Wildman–Crippen LogP) is -12.6. The van der Waals surface area contributed by atoms with Gasteiger partial charge in [-0.25, -0.2) is 8.42 Å². The zero-order valence-corrected chi connectivity index (χ0v) is 58.5. The highest BCUT2D eigenvalue weighted by Gasteiger charge is 2.61. The van der Waals surface area contributed by atoms with Gasteiger partial charge in [0, 0.05) is 0 Å². The van der Waals surface area contributed by atoms with Gasteiger partial charge < -0.3 is 193 Å². The Bertz CT molecular complexity index is 2990. The van der Waals surface area contributed by atoms with Gasteiger partial charge >= 0.3 is 0 Å². The van der Waals surface area contributed by atoms with E-state index in [0.717, 1.165) is 5.56 Å². The van der Waals surface area contributed by atoms with Crippen LogP contribution in [0.5, 0.6) is 0 Å². The van der Waals surface area contributed by atoms with Crippen molar-refractivity contribution in [2.45, 2.75) is 310 Å². The quantitative estimate of drug-likeness (QED) is 0.0872. The summed E-state index contributed by atoms with van der Waals surface area (Å²) in [4.78, 5) is -0.153. The normalized spacial score (nSPS) is 48.6. The third-order valence-electron chi connectivity index (χ3n) is 20.5. The van der Waals surface area contributed by atoms with Crippen molar-refractivity contribution in [1.82, 2.24) is 0 Å². The first kappa shape index (κ1) is 85.0. The standard InChI is InChI=1S/C63H102O41S/c1-17(2)20-7-21(18(3)4)55(22(8-20)19(5)6)105(87,88)16-30-54-38(78)46(86)63(96-30)103-53-29(15-70)94-61(44(84)36(53)76)101-51-27(13-68)92-59(42(82)34(51)74)99-49-25(11-66)90-57(40(80)32(49)72)97-47-23(9-64)89-56(39(79)31(47)71)98-48-24(10-65)91-58(41(81)33(48)73)100-50-26(12-67)93-60(43(83)35(50)75)102-52-28(14-69)95-62(104-54)45(85)37(52)77/h7-8,17-19,23-54,56-86H,9-16H2,1-6H3/t23-,24-,25-,26-,27-,28-,29-,30-,31-,32-,33-,34-,35-,36-,37-,38-,39-,40-,41-,42-,43-,44-,45-,46-,47-,48-,49-,50-,51-,52-,53-,54-,56-,57-,58-,59-,60-,61-,62-,63-/m1/s1. The van der Waals surface area contributed by atoms with Gasteiger partial charge in [0.25, 0.3) is 0 Å². The molecular weight excluding hydrogens is 1440 g/mol. The van der Waals surface area contributed by atoms with Crippen LogP contribution < -0.4 is 0 Å². The number of hydrogen-bond donors (Lipinski definition) is 23. The molecule has 30 fully saturated rings. The van der Waals surface area contributed by atoms with Crippen molar-refractivity contribution in [2.75, 3.05) is 52.0 Å². The van der Waals surface area contributed by atoms with E-state index in [9.17, 15) is 117 Å². The van der Waals surface area contributed by atoms with E-state index in [1.54, 1.807) is 39.8 Å². The van der Waals surface area contributed by atoms with Crippen molar-refractivity contribution in [3.63, 3.8) is 0 Å². The fourth-order valence-electron chi connectivity index (χ4n) is 14.4. The summed E-state index contributed by atoms with van der Waals surface area (Å²) >= 11 is 0. The molecular formula is C63H102O41S. The highest BCUT2D eigenvalue weighted by atomic mass is 32.2. The summed E-state index contributed by atoms with van der Waals surface area (Å²) in [6, 6.07) is 3.44. The lowest BCUT2D eigenvalue weighted by atomic mass is 9.89. The fraction of sp³-hybridized carbons (Fsp3) is 0.905. The molecule has 0 amide bonds. The fourth-order valence-corrected chi connectivity index (χ4v) is 16.6. The number of hydrogen-bond acceptors (Lipinski definition) is 41. The lowest BCUT2D eigenvalue weighted by Crippen LogP contribution is -2.69. The zero-order valence-electron chi connectivity index (χ0n) is 57.7. The van der Waals surface area contributed by atoms with E-state index in [2.05, 4.69) is 0 Å². The molecule has 30 heterocycles. The van der Waals surface area contributed by atoms with Gasteiger partial charge in [0.05, 0.1) is 56.9 Å². The summed E-state index contributed by atoms with van der Waals surface area (Å²) in [5, 5.41) is 261. The smallest absolute Gasteiger partial charge is 0.187 e. The van der Waals surface area contributed by atoms with E-state index >= 15 is 8.42 Å². The van der Waals surface area contributed by atoms with Crippen LogP contribution in [0.2, 0.25) is 0 Å². The molecule has 0 radical (unpaired) electrons. The Morgan fingerprint density at radius 2 is 0.419 bits per heavy atom. The molecule has 30 aliphatic rings. The van der Waals surface area contributed by atoms with Crippen LogP contribution in [-0.4, -0.2) is 424 Å². The minimum atomic E-state index is -4.74. The van der Waals surface area contributed by atoms with Crippen LogP contribution >= 0.6 is 0 Å². The highest BCUT2D eigenvalue weighted by Crippen LogP contribution is 2.43. The highest BCUT2D eigenvalue weighted by molar-refractivity contribution is 7.91. The molecule has 1 aromatic rings. The Morgan fingerprint density at radius 3 is 0.571 bits per heavy atom. The third-order valence-corrected chi connectivity index (χ3v) is 22.4. The van der Waals surface area contributed by atoms with Gasteiger partial charge in [-0.3, -0.25) is 0 Å². The first-order chi connectivity index (χ1) is 49.6. The summed E-state index contributed by atoms with van der Waals surface area (Å²) in [6.45, 7) is 2.98. The average Bonchev–Trinajstić information content (AvgIpc) is 0.756. The van der Waals surface area contributed by atoms with Crippen LogP contribution in [0.1, 0.15) is 76.0 Å². The molecule has 606 valence electrons. The van der Waals surface area contributed by atoms with E-state index in [1.165, 1.54) is 0 Å². The largest absolute Gasteiger partial charge is 0.394 e. The topological polar surface area (TPSA) is 647 Å². The monoisotopic (exact) mass is 1550 g/mol. The van der Waals surface area contributed by atoms with E-state index in [1.807, 2.05) is 13.8 Å². The number of rotatable bonds is 13. The molecule has 40 atom stereocenters. The van der Waals surface area contributed by atoms with Gasteiger partial charge in [-0.2, -0.15) is 0 Å². The minimum absolute atomic E-state index is 0.0871. The molecule has 0 spiro atoms. The Balaban J connectivity index is 0.974. The number of sulfone groups is 1. The number of ether oxygens (including phenoxy) is 16. The maximum atomic E-state index is 15.4. The summed E-state index contributed by atoms with van der Waals surface area (Å²) in [5.74, 6) is -2.16. The van der Waals surface area contributed by atoms with Crippen molar-refractivity contribution in [2.24, 2.45) is 0 Å². The van der Waals surface area contributed by atoms with Crippen molar-refractivity contribution in [3.05, 3.63) is 28.8 Å². The second kappa shape index (κ2) is 35.3. The van der Waals surface area contributed by atoms with E-state index in [0.29, 0.717) is 11.1 Å². The predicted molar refractivity (Wildman–Crippen MR) is 335 cm³/mol. The lowest BCUT2D eigenvalue weighted by Gasteiger charge is -2.50. The molecule has 42 heteroatoms. The Hall–Kier alpha value is -2.39. The molecule has 23 N–H and O–H groups in total. The van der Waals surface area contributed by atoms with Crippen LogP contribution in [0.15, 0.2) is 17.0 Å². The molecule has 0 aromatic heterocycles. The van der Waals surface area contributed by atoms with E-state index in [4.69, 9.17) is 75.8 Å². The molecule has 30 aliphatic heterocycles. The second-order valence-electron chi connectivity index (χ2n) is 28.6. The molecule has 1 aromatic carbocycles. The van der Waals surface area contributed by atoms with Crippen LogP contribution in [0.25, 0.3) is 0 Å². The first-order valence-corrected chi connectivity index (χ1v) is 36.3. The molecule has 105 heavy (non-hydrogen) atoms. The summed E-state index contributed by atoms with van der Waals surface area (Å²) in [6.07, 6.45) is -85.2. The van der Waals surface area contributed by atoms with Crippen molar-refractivity contribution in [1.29, 1.82) is 0 Å². The first-order valence-electron chi connectivity index (χ1n) is 34.6. The molecule has 41 nitrogen and oxygen atoms in total. The molecule has 0 unspecified atom stereocenters. The third kappa shape index (κ3) is 17.1. The van der Waals surface area contributed by atoms with Gasteiger partial charge in [-0.1, -0.05) is 53.7 Å². The van der Waals surface area contributed by atoms with E-state index < -0.39 is 319 Å². The Kier molecular flexibility index (Phi) is 28.6. The van der Waals surface area contributed by atoms with Crippen LogP contribution in [0.3, 0.4) is 0 Å². The van der Waals surface area contributed by atoms with Gasteiger partial charge in [-0.15, -0.1) is 0 Å². The molecule has 31 rings (SSSR count). The lowest BCUT2D eigenvalue weighted by molar-refractivity contribution is -0.403. The molecule has 0 saturated carbocycles. The average molecular weight is 1550 g/mol. The molecule has 0 aliphatic carbocycles. The van der Waals surface area contributed by atoms with Crippen molar-refractivity contribution in [3.8, 4) is 0 Å². The summed E-state index contributed by atoms with van der Waals surface area (Å²) < 4.78 is 124. The molecule has 16 bridgehead atoms. The van der Waals surface area contributed by atoms with Crippen LogP contribution in [-0.2, 0) is 85.6 Å². The van der Waals surface area contributed by atoms with Crippen LogP contribution in [0, 0.1) is 0 Å². The van der Waals surface area contributed by atoms with Crippen molar-refractivity contribution < 1.29 is 202 Å².